The van der Waals surface area contributed by atoms with E-state index < -0.39 is 11.5 Å². The monoisotopic (exact) mass is 317 g/mol. The number of rotatable bonds is 6. The van der Waals surface area contributed by atoms with Crippen molar-refractivity contribution in [1.29, 1.82) is 0 Å². The summed E-state index contributed by atoms with van der Waals surface area (Å²) in [6.07, 6.45) is 5.90. The smallest absolute Gasteiger partial charge is 0.324 e. The third kappa shape index (κ3) is 3.65. The molecule has 1 saturated heterocycles. The van der Waals surface area contributed by atoms with E-state index in [2.05, 4.69) is 39.0 Å². The van der Waals surface area contributed by atoms with Crippen molar-refractivity contribution in [3.8, 4) is 0 Å². The van der Waals surface area contributed by atoms with E-state index in [0.717, 1.165) is 13.0 Å². The molecule has 23 heavy (non-hydrogen) atoms. The van der Waals surface area contributed by atoms with Gasteiger partial charge in [-0.1, -0.05) is 29.8 Å². The molecule has 1 heterocycles. The number of aliphatic hydroxyl groups excluding tert-OH is 1. The number of benzene rings is 1. The van der Waals surface area contributed by atoms with Gasteiger partial charge >= 0.3 is 5.97 Å². The Balaban J connectivity index is 2.15. The second kappa shape index (κ2) is 7.28. The molecule has 1 aromatic carbocycles. The van der Waals surface area contributed by atoms with Crippen LogP contribution in [-0.2, 0) is 4.79 Å². The molecule has 4 heteroatoms. The lowest BCUT2D eigenvalue weighted by Crippen LogP contribution is -2.51. The van der Waals surface area contributed by atoms with Crippen molar-refractivity contribution in [1.82, 2.24) is 4.90 Å². The Kier molecular flexibility index (Phi) is 5.60. The van der Waals surface area contributed by atoms with Crippen LogP contribution in [0.4, 0.5) is 0 Å². The summed E-state index contributed by atoms with van der Waals surface area (Å²) in [6.45, 7) is 7.56. The molecule has 0 spiro atoms. The summed E-state index contributed by atoms with van der Waals surface area (Å²) in [5.74, 6) is -0.819. The Hall–Kier alpha value is -1.65. The van der Waals surface area contributed by atoms with Crippen LogP contribution >= 0.6 is 0 Å². The van der Waals surface area contributed by atoms with Crippen LogP contribution in [0.3, 0.4) is 0 Å². The van der Waals surface area contributed by atoms with Gasteiger partial charge in [0.25, 0.3) is 0 Å². The van der Waals surface area contributed by atoms with Crippen LogP contribution in [0.15, 0.2) is 18.2 Å². The summed E-state index contributed by atoms with van der Waals surface area (Å²) in [7, 11) is 0. The number of likely N-dealkylation sites (tertiary alicyclic amines) is 1. The molecular formula is C19H27NO3. The predicted molar refractivity (Wildman–Crippen MR) is 92.6 cm³/mol. The van der Waals surface area contributed by atoms with Crippen LogP contribution in [0.2, 0.25) is 0 Å². The molecule has 2 N–H and O–H groups in total. The van der Waals surface area contributed by atoms with Gasteiger partial charge in [-0.05, 0) is 63.3 Å². The van der Waals surface area contributed by atoms with Crippen molar-refractivity contribution in [2.24, 2.45) is 0 Å². The van der Waals surface area contributed by atoms with Gasteiger partial charge < -0.3 is 10.2 Å². The van der Waals surface area contributed by atoms with Gasteiger partial charge in [0, 0.05) is 13.2 Å². The Morgan fingerprint density at radius 3 is 2.52 bits per heavy atom. The number of aliphatic hydroxyl groups is 1. The molecule has 0 aliphatic carbocycles. The number of carbonyl (C=O) groups is 1. The minimum Gasteiger partial charge on any atom is -0.480 e. The number of aryl methyl sites for hydroxylation is 3. The maximum atomic E-state index is 11.7. The van der Waals surface area contributed by atoms with Gasteiger partial charge in [-0.3, -0.25) is 9.69 Å². The predicted octanol–water partition coefficient (Wildman–Crippen LogP) is 2.93. The van der Waals surface area contributed by atoms with Crippen LogP contribution < -0.4 is 0 Å². The molecule has 0 aromatic heterocycles. The Morgan fingerprint density at radius 1 is 1.30 bits per heavy atom. The number of carboxylic acid groups (broad SMARTS) is 1. The van der Waals surface area contributed by atoms with E-state index in [4.69, 9.17) is 0 Å². The Bertz CT molecular complexity index is 586. The molecule has 4 nitrogen and oxygen atoms in total. The highest BCUT2D eigenvalue weighted by Gasteiger charge is 2.46. The molecule has 0 saturated carbocycles. The average molecular weight is 317 g/mol. The molecule has 0 bridgehead atoms. The maximum Gasteiger partial charge on any atom is 0.324 e. The first-order valence-electron chi connectivity index (χ1n) is 8.24. The standard InChI is InChI=1S/C19H27NO3/c1-14-12-15(2)17(16(3)13-14)6-4-9-20-10-5-7-19(20,8-11-21)18(22)23/h4,6,12-13,21H,5,7-11H2,1-3H3,(H,22,23)/b6-4+. The molecule has 1 aliphatic rings. The van der Waals surface area contributed by atoms with Crippen molar-refractivity contribution >= 4 is 12.0 Å². The van der Waals surface area contributed by atoms with Crippen LogP contribution in [0.25, 0.3) is 6.08 Å². The molecular weight excluding hydrogens is 290 g/mol. The van der Waals surface area contributed by atoms with Gasteiger partial charge in [0.05, 0.1) is 0 Å². The number of hydrogen-bond donors (Lipinski definition) is 2. The zero-order valence-corrected chi connectivity index (χ0v) is 14.3. The quantitative estimate of drug-likeness (QED) is 0.847. The SMILES string of the molecule is Cc1cc(C)c(/C=C/CN2CCCC2(CCO)C(=O)O)c(C)c1. The van der Waals surface area contributed by atoms with E-state index in [0.29, 0.717) is 19.4 Å². The van der Waals surface area contributed by atoms with Gasteiger partial charge in [0.2, 0.25) is 0 Å². The van der Waals surface area contributed by atoms with Gasteiger partial charge in [-0.25, -0.2) is 0 Å². The molecule has 0 amide bonds. The lowest BCUT2D eigenvalue weighted by atomic mass is 9.92. The van der Waals surface area contributed by atoms with Gasteiger partial charge in [0.1, 0.15) is 5.54 Å². The van der Waals surface area contributed by atoms with Crippen molar-refractivity contribution in [2.45, 2.75) is 45.6 Å². The largest absolute Gasteiger partial charge is 0.480 e. The molecule has 1 aromatic rings. The zero-order chi connectivity index (χ0) is 17.0. The molecule has 126 valence electrons. The van der Waals surface area contributed by atoms with Gasteiger partial charge in [0.15, 0.2) is 0 Å². The lowest BCUT2D eigenvalue weighted by Gasteiger charge is -2.33. The zero-order valence-electron chi connectivity index (χ0n) is 14.3. The average Bonchev–Trinajstić information content (AvgIpc) is 2.86. The van der Waals surface area contributed by atoms with E-state index >= 15 is 0 Å². The summed E-state index contributed by atoms with van der Waals surface area (Å²) in [5, 5.41) is 18.9. The second-order valence-electron chi connectivity index (χ2n) is 6.57. The molecule has 0 radical (unpaired) electrons. The highest BCUT2D eigenvalue weighted by molar-refractivity contribution is 5.79. The first kappa shape index (κ1) is 17.7. The number of aliphatic carboxylic acids is 1. The maximum absolute atomic E-state index is 11.7. The summed E-state index contributed by atoms with van der Waals surface area (Å²) < 4.78 is 0. The first-order valence-corrected chi connectivity index (χ1v) is 8.24. The molecule has 1 atom stereocenters. The highest BCUT2D eigenvalue weighted by Crippen LogP contribution is 2.32. The van der Waals surface area contributed by atoms with Gasteiger partial charge in [-0.15, -0.1) is 0 Å². The highest BCUT2D eigenvalue weighted by atomic mass is 16.4. The fourth-order valence-electron chi connectivity index (χ4n) is 3.77. The summed E-state index contributed by atoms with van der Waals surface area (Å²) in [4.78, 5) is 13.7. The normalized spacial score (nSPS) is 22.1. The summed E-state index contributed by atoms with van der Waals surface area (Å²) >= 11 is 0. The van der Waals surface area contributed by atoms with Gasteiger partial charge in [-0.2, -0.15) is 0 Å². The van der Waals surface area contributed by atoms with Crippen LogP contribution in [0, 0.1) is 20.8 Å². The van der Waals surface area contributed by atoms with Crippen molar-refractivity contribution in [3.63, 3.8) is 0 Å². The second-order valence-corrected chi connectivity index (χ2v) is 6.57. The van der Waals surface area contributed by atoms with Crippen LogP contribution in [0.1, 0.15) is 41.5 Å². The fraction of sp³-hybridized carbons (Fsp3) is 0.526. The van der Waals surface area contributed by atoms with E-state index in [-0.39, 0.29) is 6.61 Å². The number of nitrogens with zero attached hydrogens (tertiary/aromatic N) is 1. The minimum atomic E-state index is -0.906. The van der Waals surface area contributed by atoms with Crippen molar-refractivity contribution < 1.29 is 15.0 Å². The van der Waals surface area contributed by atoms with E-state index in [9.17, 15) is 15.0 Å². The van der Waals surface area contributed by atoms with Crippen molar-refractivity contribution in [3.05, 3.63) is 40.5 Å². The number of hydrogen-bond acceptors (Lipinski definition) is 3. The lowest BCUT2D eigenvalue weighted by molar-refractivity contribution is -0.150. The van der Waals surface area contributed by atoms with E-state index in [1.54, 1.807) is 0 Å². The molecule has 1 aliphatic heterocycles. The topological polar surface area (TPSA) is 60.8 Å². The third-order valence-electron chi connectivity index (χ3n) is 4.90. The Morgan fingerprint density at radius 2 is 1.96 bits per heavy atom. The Labute approximate surface area is 138 Å². The summed E-state index contributed by atoms with van der Waals surface area (Å²) in [6, 6.07) is 4.33. The van der Waals surface area contributed by atoms with E-state index in [1.165, 1.54) is 22.3 Å². The summed E-state index contributed by atoms with van der Waals surface area (Å²) in [5.41, 5.74) is 4.03. The minimum absolute atomic E-state index is 0.0946. The van der Waals surface area contributed by atoms with E-state index in [1.807, 2.05) is 11.0 Å². The molecule has 1 unspecified atom stereocenters. The van der Waals surface area contributed by atoms with Crippen LogP contribution in [0.5, 0.6) is 0 Å². The first-order chi connectivity index (χ1) is 10.9. The fourth-order valence-corrected chi connectivity index (χ4v) is 3.77. The van der Waals surface area contributed by atoms with Crippen molar-refractivity contribution in [2.75, 3.05) is 19.7 Å². The molecule has 1 fully saturated rings. The molecule has 2 rings (SSSR count). The van der Waals surface area contributed by atoms with Crippen LogP contribution in [-0.4, -0.2) is 46.3 Å². The third-order valence-corrected chi connectivity index (χ3v) is 4.90. The number of carboxylic acids is 1.